The van der Waals surface area contributed by atoms with Crippen molar-refractivity contribution in [2.24, 2.45) is 17.8 Å². The van der Waals surface area contributed by atoms with E-state index in [9.17, 15) is 0 Å². The minimum Gasteiger partial charge on any atom is -0.0884 e. The van der Waals surface area contributed by atoms with Gasteiger partial charge in [0.1, 0.15) is 0 Å². The lowest BCUT2D eigenvalue weighted by molar-refractivity contribution is 0.326. The van der Waals surface area contributed by atoms with Crippen molar-refractivity contribution in [3.05, 3.63) is 34.3 Å². The van der Waals surface area contributed by atoms with E-state index in [0.717, 1.165) is 17.8 Å². The number of halogens is 2. The third-order valence-electron chi connectivity index (χ3n) is 4.58. The Hall–Kier alpha value is 0.180. The fraction of sp³-hybridized carbons (Fsp3) is 0.600. The molecule has 92 valence electrons. The Labute approximate surface area is 120 Å². The van der Waals surface area contributed by atoms with E-state index in [0.29, 0.717) is 4.83 Å². The summed E-state index contributed by atoms with van der Waals surface area (Å²) in [5.74, 6) is 2.98. The average Bonchev–Trinajstić information content (AvgIpc) is 2.90. The van der Waals surface area contributed by atoms with E-state index < -0.39 is 0 Å². The molecule has 1 aromatic rings. The molecule has 2 aliphatic carbocycles. The van der Waals surface area contributed by atoms with Gasteiger partial charge in [0.05, 0.1) is 0 Å². The van der Waals surface area contributed by atoms with Crippen molar-refractivity contribution in [1.82, 2.24) is 0 Å². The maximum Gasteiger partial charge on any atom is 0.0217 e. The Balaban J connectivity index is 1.65. The van der Waals surface area contributed by atoms with Gasteiger partial charge >= 0.3 is 0 Å². The summed E-state index contributed by atoms with van der Waals surface area (Å²) < 4.78 is 1.20. The largest absolute Gasteiger partial charge is 0.0884 e. The summed E-state index contributed by atoms with van der Waals surface area (Å²) in [6.07, 6.45) is 7.13. The van der Waals surface area contributed by atoms with E-state index in [1.807, 2.05) is 0 Å². The third-order valence-corrected chi connectivity index (χ3v) is 6.07. The number of hydrogen-bond donors (Lipinski definition) is 0. The molecule has 0 aliphatic heterocycles. The second-order valence-corrected chi connectivity index (χ2v) is 7.78. The fourth-order valence-corrected chi connectivity index (χ4v) is 5.25. The minimum atomic E-state index is 0.673. The molecule has 0 spiro atoms. The van der Waals surface area contributed by atoms with Crippen LogP contribution in [-0.4, -0.2) is 4.83 Å². The molecule has 2 fully saturated rings. The SMILES string of the molecule is Brc1cccc(CC(Br)C2CC3CCC2C3)c1. The first kappa shape index (κ1) is 12.2. The first-order valence-corrected chi connectivity index (χ1v) is 8.32. The quantitative estimate of drug-likeness (QED) is 0.653. The van der Waals surface area contributed by atoms with Crippen molar-refractivity contribution in [3.8, 4) is 0 Å². The zero-order valence-electron chi connectivity index (χ0n) is 9.91. The molecule has 4 atom stereocenters. The minimum absolute atomic E-state index is 0.673. The first-order chi connectivity index (χ1) is 8.22. The van der Waals surface area contributed by atoms with Gasteiger partial charge in [-0.1, -0.05) is 50.4 Å². The zero-order chi connectivity index (χ0) is 11.8. The van der Waals surface area contributed by atoms with E-state index >= 15 is 0 Å². The first-order valence-electron chi connectivity index (χ1n) is 6.61. The Morgan fingerprint density at radius 3 is 2.76 bits per heavy atom. The van der Waals surface area contributed by atoms with Gasteiger partial charge < -0.3 is 0 Å². The molecule has 0 saturated heterocycles. The summed E-state index contributed by atoms with van der Waals surface area (Å²) in [5, 5.41) is 0. The molecule has 0 aromatic heterocycles. The second kappa shape index (κ2) is 5.05. The Morgan fingerprint density at radius 1 is 1.24 bits per heavy atom. The zero-order valence-corrected chi connectivity index (χ0v) is 13.1. The lowest BCUT2D eigenvalue weighted by atomic mass is 9.84. The molecule has 2 saturated carbocycles. The predicted octanol–water partition coefficient (Wildman–Crippen LogP) is 5.19. The van der Waals surface area contributed by atoms with Crippen LogP contribution in [0.2, 0.25) is 0 Å². The lowest BCUT2D eigenvalue weighted by Gasteiger charge is -2.26. The average molecular weight is 358 g/mol. The molecule has 0 amide bonds. The Bertz CT molecular complexity index is 402. The fourth-order valence-electron chi connectivity index (χ4n) is 3.78. The maximum atomic E-state index is 3.95. The van der Waals surface area contributed by atoms with E-state index in [1.54, 1.807) is 0 Å². The van der Waals surface area contributed by atoms with Gasteiger partial charge in [0.25, 0.3) is 0 Å². The van der Waals surface area contributed by atoms with Crippen LogP contribution in [-0.2, 0) is 6.42 Å². The normalized spacial score (nSPS) is 32.9. The summed E-state index contributed by atoms with van der Waals surface area (Å²) in [7, 11) is 0. The summed E-state index contributed by atoms with van der Waals surface area (Å²) >= 11 is 7.51. The molecule has 0 radical (unpaired) electrons. The standard InChI is InChI=1S/C15H18Br2/c16-13-3-1-2-10(7-13)9-15(17)14-8-11-4-5-12(14)6-11/h1-3,7,11-12,14-15H,4-6,8-9H2. The highest BCUT2D eigenvalue weighted by Gasteiger charge is 2.42. The monoisotopic (exact) mass is 356 g/mol. The van der Waals surface area contributed by atoms with Gasteiger partial charge in [-0.25, -0.2) is 0 Å². The van der Waals surface area contributed by atoms with Crippen molar-refractivity contribution >= 4 is 31.9 Å². The second-order valence-electron chi connectivity index (χ2n) is 5.69. The Kier molecular flexibility index (Phi) is 3.63. The highest BCUT2D eigenvalue weighted by molar-refractivity contribution is 9.10. The molecule has 1 aromatic carbocycles. The molecule has 0 N–H and O–H groups in total. The molecular formula is C15H18Br2. The predicted molar refractivity (Wildman–Crippen MR) is 79.5 cm³/mol. The van der Waals surface area contributed by atoms with Gasteiger partial charge in [-0.15, -0.1) is 0 Å². The van der Waals surface area contributed by atoms with Crippen LogP contribution >= 0.6 is 31.9 Å². The molecule has 4 unspecified atom stereocenters. The molecule has 0 heterocycles. The molecular weight excluding hydrogens is 340 g/mol. The van der Waals surface area contributed by atoms with Crippen LogP contribution < -0.4 is 0 Å². The molecule has 2 heteroatoms. The van der Waals surface area contributed by atoms with Crippen molar-refractivity contribution in [3.63, 3.8) is 0 Å². The van der Waals surface area contributed by atoms with Crippen molar-refractivity contribution < 1.29 is 0 Å². The van der Waals surface area contributed by atoms with Crippen LogP contribution in [0.25, 0.3) is 0 Å². The summed E-state index contributed by atoms with van der Waals surface area (Å²) in [6.45, 7) is 0. The number of hydrogen-bond acceptors (Lipinski definition) is 0. The van der Waals surface area contributed by atoms with Gasteiger partial charge in [-0.05, 0) is 61.1 Å². The number of rotatable bonds is 3. The maximum absolute atomic E-state index is 3.95. The third kappa shape index (κ3) is 2.63. The van der Waals surface area contributed by atoms with Crippen LogP contribution in [0.15, 0.2) is 28.7 Å². The topological polar surface area (TPSA) is 0 Å². The van der Waals surface area contributed by atoms with Gasteiger partial charge in [-0.2, -0.15) is 0 Å². The number of benzene rings is 1. The summed E-state index contributed by atoms with van der Waals surface area (Å²) in [5.41, 5.74) is 1.45. The van der Waals surface area contributed by atoms with Crippen LogP contribution in [0.3, 0.4) is 0 Å². The Morgan fingerprint density at radius 2 is 2.12 bits per heavy atom. The number of alkyl halides is 1. The van der Waals surface area contributed by atoms with Crippen LogP contribution in [0.4, 0.5) is 0 Å². The molecule has 3 rings (SSSR count). The molecule has 0 nitrogen and oxygen atoms in total. The van der Waals surface area contributed by atoms with E-state index in [-0.39, 0.29) is 0 Å². The molecule has 17 heavy (non-hydrogen) atoms. The van der Waals surface area contributed by atoms with Gasteiger partial charge in [0, 0.05) is 9.30 Å². The van der Waals surface area contributed by atoms with Crippen LogP contribution in [0.1, 0.15) is 31.2 Å². The molecule has 2 aliphatic rings. The summed E-state index contributed by atoms with van der Waals surface area (Å²) in [6, 6.07) is 8.73. The van der Waals surface area contributed by atoms with Gasteiger partial charge in [-0.3, -0.25) is 0 Å². The lowest BCUT2D eigenvalue weighted by Crippen LogP contribution is -2.22. The van der Waals surface area contributed by atoms with Crippen LogP contribution in [0, 0.1) is 17.8 Å². The summed E-state index contributed by atoms with van der Waals surface area (Å²) in [4.78, 5) is 0.673. The van der Waals surface area contributed by atoms with E-state index in [4.69, 9.17) is 0 Å². The van der Waals surface area contributed by atoms with Crippen LogP contribution in [0.5, 0.6) is 0 Å². The molecule has 2 bridgehead atoms. The highest BCUT2D eigenvalue weighted by atomic mass is 79.9. The van der Waals surface area contributed by atoms with E-state index in [2.05, 4.69) is 56.1 Å². The smallest absolute Gasteiger partial charge is 0.0217 e. The van der Waals surface area contributed by atoms with Crippen molar-refractivity contribution in [2.45, 2.75) is 36.9 Å². The number of fused-ring (bicyclic) bond motifs is 2. The highest BCUT2D eigenvalue weighted by Crippen LogP contribution is 2.51. The van der Waals surface area contributed by atoms with Gasteiger partial charge in [0.15, 0.2) is 0 Å². The van der Waals surface area contributed by atoms with E-state index in [1.165, 1.54) is 42.1 Å². The van der Waals surface area contributed by atoms with Crippen molar-refractivity contribution in [1.29, 1.82) is 0 Å². The van der Waals surface area contributed by atoms with Crippen molar-refractivity contribution in [2.75, 3.05) is 0 Å². The van der Waals surface area contributed by atoms with Gasteiger partial charge in [0.2, 0.25) is 0 Å².